The summed E-state index contributed by atoms with van der Waals surface area (Å²) in [5.41, 5.74) is 0.972. The fraction of sp³-hybridized carbons (Fsp3) is 0.462. The third-order valence-electron chi connectivity index (χ3n) is 2.33. The number of alkyl halides is 3. The van der Waals surface area contributed by atoms with Gasteiger partial charge in [0.25, 0.3) is 5.91 Å². The lowest BCUT2D eigenvalue weighted by Crippen LogP contribution is -2.36. The number of carbonyl (C=O) groups excluding carboxylic acids is 1. The maximum absolute atomic E-state index is 11.9. The van der Waals surface area contributed by atoms with Crippen molar-refractivity contribution in [1.82, 2.24) is 10.6 Å². The van der Waals surface area contributed by atoms with Gasteiger partial charge < -0.3 is 15.4 Å². The number of ether oxygens (including phenoxy) is 1. The van der Waals surface area contributed by atoms with Crippen LogP contribution < -0.4 is 15.4 Å². The number of nitrogens with one attached hydrogen (secondary N) is 2. The number of halogens is 3. The molecular formula is C13H17F3N2O2. The monoisotopic (exact) mass is 290 g/mol. The minimum absolute atomic E-state index is 0.444. The van der Waals surface area contributed by atoms with Crippen LogP contribution in [0.5, 0.6) is 5.75 Å². The summed E-state index contributed by atoms with van der Waals surface area (Å²) < 4.78 is 40.8. The third-order valence-corrected chi connectivity index (χ3v) is 2.33. The van der Waals surface area contributed by atoms with E-state index in [1.807, 2.05) is 13.0 Å². The number of carbonyl (C=O) groups is 1. The summed E-state index contributed by atoms with van der Waals surface area (Å²) in [6.07, 6.45) is -4.42. The van der Waals surface area contributed by atoms with Crippen LogP contribution in [0.25, 0.3) is 0 Å². The average molecular weight is 290 g/mol. The normalized spacial score (nSPS) is 11.2. The first-order valence-corrected chi connectivity index (χ1v) is 6.16. The Morgan fingerprint density at radius 2 is 2.10 bits per heavy atom. The molecule has 0 aliphatic rings. The van der Waals surface area contributed by atoms with E-state index < -0.39 is 25.2 Å². The summed E-state index contributed by atoms with van der Waals surface area (Å²) in [5, 5.41) is 4.87. The van der Waals surface area contributed by atoms with Gasteiger partial charge in [-0.2, -0.15) is 13.2 Å². The molecule has 0 aliphatic carbocycles. The molecule has 0 saturated heterocycles. The van der Waals surface area contributed by atoms with Crippen molar-refractivity contribution in [3.63, 3.8) is 0 Å². The van der Waals surface area contributed by atoms with E-state index in [4.69, 9.17) is 4.74 Å². The van der Waals surface area contributed by atoms with Crippen molar-refractivity contribution in [2.75, 3.05) is 19.7 Å². The number of amides is 1. The molecule has 0 atom stereocenters. The highest BCUT2D eigenvalue weighted by Crippen LogP contribution is 2.14. The van der Waals surface area contributed by atoms with Crippen LogP contribution in [0.4, 0.5) is 13.2 Å². The van der Waals surface area contributed by atoms with E-state index in [2.05, 4.69) is 5.32 Å². The van der Waals surface area contributed by atoms with Gasteiger partial charge in [-0.25, -0.2) is 0 Å². The minimum Gasteiger partial charge on any atom is -0.484 e. The fourth-order valence-corrected chi connectivity index (χ4v) is 1.41. The number of benzene rings is 1. The first-order valence-electron chi connectivity index (χ1n) is 6.16. The second-order valence-corrected chi connectivity index (χ2v) is 4.11. The molecule has 112 valence electrons. The largest absolute Gasteiger partial charge is 0.484 e. The number of hydrogen-bond donors (Lipinski definition) is 2. The first kappa shape index (κ1) is 16.3. The molecule has 20 heavy (non-hydrogen) atoms. The lowest BCUT2D eigenvalue weighted by atomic mass is 10.2. The van der Waals surface area contributed by atoms with Gasteiger partial charge in [-0.05, 0) is 24.2 Å². The van der Waals surface area contributed by atoms with Crippen LogP contribution in [0.15, 0.2) is 24.3 Å². The molecule has 0 unspecified atom stereocenters. The Morgan fingerprint density at radius 3 is 2.75 bits per heavy atom. The molecule has 0 bridgehead atoms. The van der Waals surface area contributed by atoms with Gasteiger partial charge in [0.2, 0.25) is 0 Å². The molecule has 7 heteroatoms. The SMILES string of the molecule is CCNCc1cccc(OCC(=O)NCC(F)(F)F)c1. The summed E-state index contributed by atoms with van der Waals surface area (Å²) in [4.78, 5) is 11.2. The topological polar surface area (TPSA) is 50.4 Å². The highest BCUT2D eigenvalue weighted by Gasteiger charge is 2.27. The highest BCUT2D eigenvalue weighted by atomic mass is 19.4. The molecule has 0 spiro atoms. The molecular weight excluding hydrogens is 273 g/mol. The quantitative estimate of drug-likeness (QED) is 0.806. The zero-order chi connectivity index (χ0) is 15.0. The van der Waals surface area contributed by atoms with Crippen LogP contribution in [0, 0.1) is 0 Å². The van der Waals surface area contributed by atoms with Crippen molar-refractivity contribution < 1.29 is 22.7 Å². The van der Waals surface area contributed by atoms with E-state index >= 15 is 0 Å². The van der Waals surface area contributed by atoms with Crippen LogP contribution in [0.3, 0.4) is 0 Å². The van der Waals surface area contributed by atoms with Crippen molar-refractivity contribution in [3.05, 3.63) is 29.8 Å². The summed E-state index contributed by atoms with van der Waals surface area (Å²) in [7, 11) is 0. The first-order chi connectivity index (χ1) is 9.40. The highest BCUT2D eigenvalue weighted by molar-refractivity contribution is 5.77. The Morgan fingerprint density at radius 1 is 1.35 bits per heavy atom. The van der Waals surface area contributed by atoms with Crippen molar-refractivity contribution in [2.24, 2.45) is 0 Å². The van der Waals surface area contributed by atoms with Crippen LogP contribution >= 0.6 is 0 Å². The standard InChI is InChI=1S/C13H17F3N2O2/c1-2-17-7-10-4-3-5-11(6-10)20-8-12(19)18-9-13(14,15)16/h3-6,17H,2,7-9H2,1H3,(H,18,19). The lowest BCUT2D eigenvalue weighted by Gasteiger charge is -2.10. The Bertz CT molecular complexity index is 436. The van der Waals surface area contributed by atoms with Crippen LogP contribution in [-0.4, -0.2) is 31.8 Å². The summed E-state index contributed by atoms with van der Waals surface area (Å²) in [6.45, 7) is 1.67. The van der Waals surface area contributed by atoms with Gasteiger partial charge in [0, 0.05) is 6.54 Å². The second-order valence-electron chi connectivity index (χ2n) is 4.11. The predicted molar refractivity (Wildman–Crippen MR) is 68.4 cm³/mol. The molecule has 1 amide bonds. The molecule has 1 aromatic rings. The fourth-order valence-electron chi connectivity index (χ4n) is 1.41. The van der Waals surface area contributed by atoms with Gasteiger partial charge in [-0.1, -0.05) is 19.1 Å². The molecule has 4 nitrogen and oxygen atoms in total. The molecule has 1 aromatic carbocycles. The summed E-state index contributed by atoms with van der Waals surface area (Å²) in [5.74, 6) is -0.359. The Balaban J connectivity index is 2.39. The molecule has 0 aromatic heterocycles. The van der Waals surface area contributed by atoms with E-state index in [-0.39, 0.29) is 0 Å². The molecule has 0 fully saturated rings. The minimum atomic E-state index is -4.42. The van der Waals surface area contributed by atoms with Crippen LogP contribution in [-0.2, 0) is 11.3 Å². The zero-order valence-electron chi connectivity index (χ0n) is 11.1. The van der Waals surface area contributed by atoms with Crippen LogP contribution in [0.2, 0.25) is 0 Å². The maximum atomic E-state index is 11.9. The van der Waals surface area contributed by atoms with E-state index in [1.165, 1.54) is 0 Å². The molecule has 0 aliphatic heterocycles. The van der Waals surface area contributed by atoms with Gasteiger partial charge in [-0.3, -0.25) is 4.79 Å². The smallest absolute Gasteiger partial charge is 0.405 e. The van der Waals surface area contributed by atoms with Gasteiger partial charge >= 0.3 is 6.18 Å². The average Bonchev–Trinajstić information content (AvgIpc) is 2.40. The lowest BCUT2D eigenvalue weighted by molar-refractivity contribution is -0.139. The second kappa shape index (κ2) is 7.74. The van der Waals surface area contributed by atoms with Gasteiger partial charge in [-0.15, -0.1) is 0 Å². The number of rotatable bonds is 7. The Labute approximate surface area is 115 Å². The molecule has 2 N–H and O–H groups in total. The maximum Gasteiger partial charge on any atom is 0.405 e. The Hall–Kier alpha value is -1.76. The molecule has 0 radical (unpaired) electrons. The summed E-state index contributed by atoms with van der Waals surface area (Å²) >= 11 is 0. The van der Waals surface area contributed by atoms with Crippen molar-refractivity contribution in [3.8, 4) is 5.75 Å². The van der Waals surface area contributed by atoms with Crippen LogP contribution in [0.1, 0.15) is 12.5 Å². The van der Waals surface area contributed by atoms with Gasteiger partial charge in [0.05, 0.1) is 0 Å². The third kappa shape index (κ3) is 6.98. The van der Waals surface area contributed by atoms with Crippen molar-refractivity contribution in [2.45, 2.75) is 19.6 Å². The zero-order valence-corrected chi connectivity index (χ0v) is 11.1. The van der Waals surface area contributed by atoms with E-state index in [9.17, 15) is 18.0 Å². The molecule has 1 rings (SSSR count). The van der Waals surface area contributed by atoms with E-state index in [0.717, 1.165) is 12.1 Å². The van der Waals surface area contributed by atoms with E-state index in [0.29, 0.717) is 12.3 Å². The predicted octanol–water partition coefficient (Wildman–Crippen LogP) is 1.85. The van der Waals surface area contributed by atoms with Gasteiger partial charge in [0.15, 0.2) is 6.61 Å². The van der Waals surface area contributed by atoms with Gasteiger partial charge in [0.1, 0.15) is 12.3 Å². The van der Waals surface area contributed by atoms with Crippen molar-refractivity contribution in [1.29, 1.82) is 0 Å². The number of hydrogen-bond acceptors (Lipinski definition) is 3. The van der Waals surface area contributed by atoms with Crippen molar-refractivity contribution >= 4 is 5.91 Å². The van der Waals surface area contributed by atoms with E-state index in [1.54, 1.807) is 23.5 Å². The Kier molecular flexibility index (Phi) is 6.30. The summed E-state index contributed by atoms with van der Waals surface area (Å²) in [6, 6.07) is 7.03. The molecule has 0 heterocycles. The molecule has 0 saturated carbocycles.